The number of para-hydroxylation sites is 2. The molecule has 0 aliphatic heterocycles. The van der Waals surface area contributed by atoms with Gasteiger partial charge in [-0.1, -0.05) is 134 Å². The fourth-order valence-corrected chi connectivity index (χ4v) is 6.96. The van der Waals surface area contributed by atoms with Crippen LogP contribution in [0.4, 0.5) is 0 Å². The lowest BCUT2D eigenvalue weighted by atomic mass is 9.68. The van der Waals surface area contributed by atoms with Crippen molar-refractivity contribution >= 4 is 27.9 Å². The maximum atomic E-state index is 5.13. The predicted octanol–water partition coefficient (Wildman–Crippen LogP) is 9.69. The van der Waals surface area contributed by atoms with Crippen molar-refractivity contribution in [3.63, 3.8) is 0 Å². The van der Waals surface area contributed by atoms with Crippen molar-refractivity contribution in [2.75, 3.05) is 0 Å². The maximum absolute atomic E-state index is 5.13. The molecule has 1 aliphatic carbocycles. The molecule has 1 unspecified atom stereocenters. The minimum absolute atomic E-state index is 0.590. The van der Waals surface area contributed by atoms with Crippen molar-refractivity contribution in [1.82, 2.24) is 14.5 Å². The van der Waals surface area contributed by atoms with E-state index in [-0.39, 0.29) is 0 Å². The molecule has 7 aromatic rings. The molecule has 1 atom stereocenters. The first-order valence-corrected chi connectivity index (χ1v) is 14.9. The molecular formula is C41H29N3. The van der Waals surface area contributed by atoms with Gasteiger partial charge < -0.3 is 4.57 Å². The van der Waals surface area contributed by atoms with Gasteiger partial charge in [-0.25, -0.2) is 9.97 Å². The van der Waals surface area contributed by atoms with Crippen molar-refractivity contribution in [1.29, 1.82) is 0 Å². The summed E-state index contributed by atoms with van der Waals surface area (Å²) < 4.78 is 2.38. The molecule has 0 N–H and O–H groups in total. The quantitative estimate of drug-likeness (QED) is 0.189. The largest absolute Gasteiger partial charge is 0.309 e. The van der Waals surface area contributed by atoms with Crippen molar-refractivity contribution < 1.29 is 0 Å². The van der Waals surface area contributed by atoms with Crippen LogP contribution in [0.1, 0.15) is 28.1 Å². The number of aromatic nitrogens is 3. The number of nitrogens with zero attached hydrogens (tertiary/aromatic N) is 3. The Bertz CT molecular complexity index is 2200. The van der Waals surface area contributed by atoms with E-state index < -0.39 is 5.41 Å². The molecule has 208 valence electrons. The highest BCUT2D eigenvalue weighted by atomic mass is 15.0. The second-order valence-corrected chi connectivity index (χ2v) is 11.1. The summed E-state index contributed by atoms with van der Waals surface area (Å²) in [5.74, 6) is 0.676. The van der Waals surface area contributed by atoms with Crippen LogP contribution in [0.5, 0.6) is 0 Å². The van der Waals surface area contributed by atoms with Gasteiger partial charge in [0.2, 0.25) is 0 Å². The highest BCUT2D eigenvalue weighted by Crippen LogP contribution is 2.55. The third-order valence-electron chi connectivity index (χ3n) is 8.73. The van der Waals surface area contributed by atoms with Crippen LogP contribution in [-0.4, -0.2) is 14.5 Å². The Morgan fingerprint density at radius 2 is 1.30 bits per heavy atom. The van der Waals surface area contributed by atoms with Crippen LogP contribution >= 0.6 is 0 Å². The van der Waals surface area contributed by atoms with Gasteiger partial charge in [-0.3, -0.25) is 0 Å². The Kier molecular flexibility index (Phi) is 6.16. The summed E-state index contributed by atoms with van der Waals surface area (Å²) in [6.45, 7) is 3.75. The Hall–Kier alpha value is -5.80. The molecule has 2 heterocycles. The van der Waals surface area contributed by atoms with Gasteiger partial charge in [0.1, 0.15) is 0 Å². The zero-order valence-corrected chi connectivity index (χ0v) is 24.1. The average molecular weight is 564 g/mol. The normalized spacial score (nSPS) is 15.7. The van der Waals surface area contributed by atoms with Crippen LogP contribution in [0.15, 0.2) is 164 Å². The van der Waals surface area contributed by atoms with E-state index in [9.17, 15) is 0 Å². The summed E-state index contributed by atoms with van der Waals surface area (Å²) in [5, 5.41) is 2.50. The lowest BCUT2D eigenvalue weighted by Crippen LogP contribution is -2.29. The molecule has 5 aromatic carbocycles. The summed E-state index contributed by atoms with van der Waals surface area (Å²) in [5.41, 5.74) is 9.67. The molecule has 0 fully saturated rings. The van der Waals surface area contributed by atoms with Crippen LogP contribution in [-0.2, 0) is 5.41 Å². The average Bonchev–Trinajstić information content (AvgIpc) is 3.58. The minimum Gasteiger partial charge on any atom is -0.309 e. The van der Waals surface area contributed by atoms with E-state index in [0.29, 0.717) is 5.82 Å². The first-order valence-electron chi connectivity index (χ1n) is 14.9. The lowest BCUT2D eigenvalue weighted by molar-refractivity contribution is 0.759. The maximum Gasteiger partial charge on any atom is 0.152 e. The van der Waals surface area contributed by atoms with Crippen LogP contribution < -0.4 is 0 Å². The summed E-state index contributed by atoms with van der Waals surface area (Å²) >= 11 is 0. The predicted molar refractivity (Wildman–Crippen MR) is 182 cm³/mol. The molecular weight excluding hydrogens is 534 g/mol. The molecule has 3 nitrogen and oxygen atoms in total. The van der Waals surface area contributed by atoms with Gasteiger partial charge in [-0.2, -0.15) is 0 Å². The standard InChI is InChI=1S/C41H29N3/c1-2-3-4-8-26-39-42-28-36-40(43-39)34-22-9-12-23-35(34)41(36,29-16-6-5-7-17-29)30-18-15-19-31(27-30)44-37-24-13-10-20-32(37)33-21-11-14-25-38(33)44/h2-28H,1H2/b4-3-,26-8+. The third-order valence-corrected chi connectivity index (χ3v) is 8.73. The second kappa shape index (κ2) is 10.5. The van der Waals surface area contributed by atoms with Crippen molar-refractivity contribution in [2.45, 2.75) is 5.41 Å². The van der Waals surface area contributed by atoms with Gasteiger partial charge in [0.15, 0.2) is 5.82 Å². The second-order valence-electron chi connectivity index (χ2n) is 11.1. The smallest absolute Gasteiger partial charge is 0.152 e. The third kappa shape index (κ3) is 3.83. The Morgan fingerprint density at radius 3 is 2.07 bits per heavy atom. The number of hydrogen-bond donors (Lipinski definition) is 0. The SMILES string of the molecule is C=C/C=C\C=C\c1ncc2c(n1)-c1ccccc1C2(c1ccccc1)c1cccc(-n2c3ccccc3c3ccccc32)c1. The van der Waals surface area contributed by atoms with Crippen molar-refractivity contribution in [3.05, 3.63) is 193 Å². The van der Waals surface area contributed by atoms with E-state index in [0.717, 1.165) is 22.5 Å². The minimum atomic E-state index is -0.590. The van der Waals surface area contributed by atoms with E-state index in [4.69, 9.17) is 9.97 Å². The van der Waals surface area contributed by atoms with E-state index in [1.54, 1.807) is 6.08 Å². The molecule has 0 amide bonds. The molecule has 44 heavy (non-hydrogen) atoms. The number of fused-ring (bicyclic) bond motifs is 6. The van der Waals surface area contributed by atoms with Crippen molar-refractivity contribution in [3.8, 4) is 16.9 Å². The fraction of sp³-hybridized carbons (Fsp3) is 0.0244. The highest BCUT2D eigenvalue weighted by molar-refractivity contribution is 6.09. The summed E-state index contributed by atoms with van der Waals surface area (Å²) in [6.07, 6.45) is 11.5. The Balaban J connectivity index is 1.41. The number of hydrogen-bond acceptors (Lipinski definition) is 2. The van der Waals surface area contributed by atoms with E-state index in [1.165, 1.54) is 38.5 Å². The zero-order valence-electron chi connectivity index (χ0n) is 24.1. The molecule has 0 spiro atoms. The molecule has 8 rings (SSSR count). The highest BCUT2D eigenvalue weighted by Gasteiger charge is 2.47. The zero-order chi connectivity index (χ0) is 29.5. The van der Waals surface area contributed by atoms with Gasteiger partial charge in [0, 0.05) is 33.8 Å². The molecule has 0 radical (unpaired) electrons. The molecule has 0 saturated heterocycles. The van der Waals surface area contributed by atoms with Gasteiger partial charge in [0.05, 0.1) is 22.1 Å². The molecule has 0 bridgehead atoms. The topological polar surface area (TPSA) is 30.7 Å². The van der Waals surface area contributed by atoms with Crippen LogP contribution in [0.25, 0.3) is 44.8 Å². The van der Waals surface area contributed by atoms with Crippen LogP contribution in [0, 0.1) is 0 Å². The van der Waals surface area contributed by atoms with E-state index in [2.05, 4.69) is 139 Å². The monoisotopic (exact) mass is 563 g/mol. The van der Waals surface area contributed by atoms with Gasteiger partial charge in [-0.05, 0) is 47.0 Å². The summed E-state index contributed by atoms with van der Waals surface area (Å²) in [7, 11) is 0. The number of allylic oxidation sites excluding steroid dienone is 4. The number of benzene rings is 5. The molecule has 1 aliphatic rings. The molecule has 2 aromatic heterocycles. The van der Waals surface area contributed by atoms with Crippen LogP contribution in [0.2, 0.25) is 0 Å². The van der Waals surface area contributed by atoms with Crippen LogP contribution in [0.3, 0.4) is 0 Å². The lowest BCUT2D eigenvalue weighted by Gasteiger charge is -2.33. The first kappa shape index (κ1) is 25.9. The van der Waals surface area contributed by atoms with Gasteiger partial charge >= 0.3 is 0 Å². The van der Waals surface area contributed by atoms with Gasteiger partial charge in [-0.15, -0.1) is 0 Å². The van der Waals surface area contributed by atoms with Crippen molar-refractivity contribution in [2.24, 2.45) is 0 Å². The Morgan fingerprint density at radius 1 is 0.614 bits per heavy atom. The van der Waals surface area contributed by atoms with E-state index >= 15 is 0 Å². The summed E-state index contributed by atoms with van der Waals surface area (Å²) in [6, 6.07) is 45.8. The first-order chi connectivity index (χ1) is 21.8. The van der Waals surface area contributed by atoms with Gasteiger partial charge in [0.25, 0.3) is 0 Å². The fourth-order valence-electron chi connectivity index (χ4n) is 6.96. The number of rotatable bonds is 6. The molecule has 3 heteroatoms. The molecule has 0 saturated carbocycles. The Labute approximate surface area is 256 Å². The van der Waals surface area contributed by atoms with E-state index in [1.807, 2.05) is 30.5 Å². The summed E-state index contributed by atoms with van der Waals surface area (Å²) in [4.78, 5) is 10.00.